The predicted octanol–water partition coefficient (Wildman–Crippen LogP) is 2.53. The highest BCUT2D eigenvalue weighted by molar-refractivity contribution is 6.36. The molecule has 0 aliphatic carbocycles. The number of anilines is 2. The molecule has 0 spiro atoms. The number of amides is 2. The smallest absolute Gasteiger partial charge is 0.268 e. The molecule has 4 heteroatoms. The number of fused-ring (bicyclic) bond motifs is 1. The summed E-state index contributed by atoms with van der Waals surface area (Å²) in [7, 11) is 1.73. The van der Waals surface area contributed by atoms with E-state index in [1.54, 1.807) is 49.5 Å². The number of para-hydroxylation sites is 1. The Bertz CT molecular complexity index is 665. The van der Waals surface area contributed by atoms with Gasteiger partial charge in [-0.1, -0.05) is 24.3 Å². The van der Waals surface area contributed by atoms with Crippen LogP contribution in [-0.4, -0.2) is 18.9 Å². The number of nitrogens with one attached hydrogen (secondary N) is 1. The Labute approximate surface area is 110 Å². The lowest BCUT2D eigenvalue weighted by atomic mass is 10.1. The van der Waals surface area contributed by atoms with Crippen LogP contribution in [0.15, 0.2) is 48.5 Å². The second-order valence-corrected chi connectivity index (χ2v) is 4.26. The zero-order valence-corrected chi connectivity index (χ0v) is 10.4. The van der Waals surface area contributed by atoms with Crippen molar-refractivity contribution in [1.29, 1.82) is 0 Å². The van der Waals surface area contributed by atoms with Crippen LogP contribution in [0.4, 0.5) is 11.4 Å². The van der Waals surface area contributed by atoms with Crippen molar-refractivity contribution < 1.29 is 9.59 Å². The molecule has 0 aromatic heterocycles. The van der Waals surface area contributed by atoms with Gasteiger partial charge in [0.15, 0.2) is 0 Å². The average molecular weight is 252 g/mol. The molecule has 3 rings (SSSR count). The summed E-state index contributed by atoms with van der Waals surface area (Å²) in [5, 5.41) is 2.95. The first-order chi connectivity index (χ1) is 9.24. The Balaban J connectivity index is 2.15. The van der Waals surface area contributed by atoms with Crippen molar-refractivity contribution in [1.82, 2.24) is 0 Å². The zero-order chi connectivity index (χ0) is 13.4. The predicted molar refractivity (Wildman–Crippen MR) is 73.6 cm³/mol. The Morgan fingerprint density at radius 2 is 1.63 bits per heavy atom. The zero-order valence-electron chi connectivity index (χ0n) is 10.4. The van der Waals surface area contributed by atoms with Crippen LogP contribution in [0.25, 0.3) is 0 Å². The van der Waals surface area contributed by atoms with Crippen LogP contribution in [-0.2, 0) is 0 Å². The van der Waals surface area contributed by atoms with Gasteiger partial charge in [0.1, 0.15) is 0 Å². The molecule has 1 heterocycles. The highest BCUT2D eigenvalue weighted by Gasteiger charge is 2.38. The number of carbonyl (C=O) groups is 2. The quantitative estimate of drug-likeness (QED) is 0.835. The molecule has 2 aromatic carbocycles. The molecule has 0 atom stereocenters. The van der Waals surface area contributed by atoms with Crippen molar-refractivity contribution in [2.75, 3.05) is 17.3 Å². The van der Waals surface area contributed by atoms with Crippen molar-refractivity contribution in [3.05, 3.63) is 59.7 Å². The first-order valence-corrected chi connectivity index (χ1v) is 5.98. The Hall–Kier alpha value is -2.62. The molecule has 0 bridgehead atoms. The molecular weight excluding hydrogens is 240 g/mol. The summed E-state index contributed by atoms with van der Waals surface area (Å²) in [6.07, 6.45) is 0. The summed E-state index contributed by atoms with van der Waals surface area (Å²) >= 11 is 0. The molecule has 0 saturated carbocycles. The molecule has 19 heavy (non-hydrogen) atoms. The minimum atomic E-state index is -0.281. The molecule has 0 saturated heterocycles. The monoisotopic (exact) mass is 252 g/mol. The second kappa shape index (κ2) is 4.24. The van der Waals surface area contributed by atoms with Gasteiger partial charge in [-0.25, -0.2) is 4.90 Å². The van der Waals surface area contributed by atoms with Crippen LogP contribution in [0, 0.1) is 0 Å². The molecule has 1 N–H and O–H groups in total. The molecule has 0 unspecified atom stereocenters. The Kier molecular flexibility index (Phi) is 2.56. The van der Waals surface area contributed by atoms with Crippen molar-refractivity contribution >= 4 is 23.2 Å². The normalized spacial score (nSPS) is 13.6. The summed E-state index contributed by atoms with van der Waals surface area (Å²) in [6, 6.07) is 14.2. The van der Waals surface area contributed by atoms with Gasteiger partial charge >= 0.3 is 0 Å². The van der Waals surface area contributed by atoms with Crippen LogP contribution in [0.1, 0.15) is 20.7 Å². The number of nitrogens with zero attached hydrogens (tertiary/aromatic N) is 1. The lowest BCUT2D eigenvalue weighted by Crippen LogP contribution is -2.29. The minimum Gasteiger partial charge on any atom is -0.387 e. The van der Waals surface area contributed by atoms with E-state index in [0.29, 0.717) is 22.5 Å². The fourth-order valence-corrected chi connectivity index (χ4v) is 2.31. The van der Waals surface area contributed by atoms with Gasteiger partial charge in [0, 0.05) is 12.7 Å². The first-order valence-electron chi connectivity index (χ1n) is 5.98. The summed E-state index contributed by atoms with van der Waals surface area (Å²) in [5.41, 5.74) is 2.16. The summed E-state index contributed by atoms with van der Waals surface area (Å²) < 4.78 is 0. The highest BCUT2D eigenvalue weighted by atomic mass is 16.2. The van der Waals surface area contributed by atoms with E-state index in [1.807, 2.05) is 6.07 Å². The summed E-state index contributed by atoms with van der Waals surface area (Å²) in [4.78, 5) is 26.0. The topological polar surface area (TPSA) is 49.4 Å². The largest absolute Gasteiger partial charge is 0.387 e. The molecule has 2 amide bonds. The maximum atomic E-state index is 12.5. The summed E-state index contributed by atoms with van der Waals surface area (Å²) in [6.45, 7) is 0. The van der Waals surface area contributed by atoms with Crippen molar-refractivity contribution in [3.63, 3.8) is 0 Å². The molecule has 94 valence electrons. The van der Waals surface area contributed by atoms with E-state index in [4.69, 9.17) is 0 Å². The van der Waals surface area contributed by atoms with E-state index in [-0.39, 0.29) is 11.8 Å². The van der Waals surface area contributed by atoms with E-state index in [1.165, 1.54) is 4.90 Å². The van der Waals surface area contributed by atoms with Gasteiger partial charge in [-0.05, 0) is 24.3 Å². The van der Waals surface area contributed by atoms with Crippen molar-refractivity contribution in [2.45, 2.75) is 0 Å². The van der Waals surface area contributed by atoms with Crippen LogP contribution in [0.2, 0.25) is 0 Å². The fourth-order valence-electron chi connectivity index (χ4n) is 2.31. The Morgan fingerprint density at radius 1 is 0.895 bits per heavy atom. The number of benzene rings is 2. The third kappa shape index (κ3) is 1.61. The van der Waals surface area contributed by atoms with Gasteiger partial charge in [0.05, 0.1) is 16.8 Å². The van der Waals surface area contributed by atoms with Crippen LogP contribution in [0.5, 0.6) is 0 Å². The number of rotatable bonds is 2. The van der Waals surface area contributed by atoms with Crippen LogP contribution < -0.4 is 10.2 Å². The van der Waals surface area contributed by atoms with Gasteiger partial charge in [-0.2, -0.15) is 0 Å². The highest BCUT2D eigenvalue weighted by Crippen LogP contribution is 2.32. The maximum absolute atomic E-state index is 12.5. The summed E-state index contributed by atoms with van der Waals surface area (Å²) in [5.74, 6) is -0.556. The third-order valence-electron chi connectivity index (χ3n) is 3.20. The minimum absolute atomic E-state index is 0.275. The maximum Gasteiger partial charge on any atom is 0.268 e. The van der Waals surface area contributed by atoms with Gasteiger partial charge in [0.25, 0.3) is 11.8 Å². The lowest BCUT2D eigenvalue weighted by molar-refractivity contribution is 0.0926. The molecule has 0 fully saturated rings. The average Bonchev–Trinajstić information content (AvgIpc) is 2.72. The van der Waals surface area contributed by atoms with Crippen molar-refractivity contribution in [2.24, 2.45) is 0 Å². The van der Waals surface area contributed by atoms with E-state index in [0.717, 1.165) is 0 Å². The van der Waals surface area contributed by atoms with Gasteiger partial charge < -0.3 is 5.32 Å². The molecule has 2 aromatic rings. The molecule has 1 aliphatic rings. The van der Waals surface area contributed by atoms with E-state index in [2.05, 4.69) is 5.32 Å². The van der Waals surface area contributed by atoms with Crippen molar-refractivity contribution in [3.8, 4) is 0 Å². The Morgan fingerprint density at radius 3 is 2.32 bits per heavy atom. The van der Waals surface area contributed by atoms with Crippen LogP contribution in [0.3, 0.4) is 0 Å². The second-order valence-electron chi connectivity index (χ2n) is 4.26. The van der Waals surface area contributed by atoms with Gasteiger partial charge in [-0.3, -0.25) is 9.59 Å². The lowest BCUT2D eigenvalue weighted by Gasteiger charge is -2.13. The number of hydrogen-bond donors (Lipinski definition) is 1. The first kappa shape index (κ1) is 11.5. The van der Waals surface area contributed by atoms with Gasteiger partial charge in [0.2, 0.25) is 0 Å². The van der Waals surface area contributed by atoms with E-state index < -0.39 is 0 Å². The number of imide groups is 1. The number of hydrogen-bond acceptors (Lipinski definition) is 3. The SMILES string of the molecule is CNc1cccc2c1C(=O)N(c1ccccc1)C2=O. The third-order valence-corrected chi connectivity index (χ3v) is 3.20. The molecule has 0 radical (unpaired) electrons. The molecule has 4 nitrogen and oxygen atoms in total. The molecular formula is C15H12N2O2. The molecule has 1 aliphatic heterocycles. The fraction of sp³-hybridized carbons (Fsp3) is 0.0667. The van der Waals surface area contributed by atoms with Crippen LogP contribution >= 0.6 is 0 Å². The van der Waals surface area contributed by atoms with Gasteiger partial charge in [-0.15, -0.1) is 0 Å². The van der Waals surface area contributed by atoms with E-state index >= 15 is 0 Å². The number of carbonyl (C=O) groups excluding carboxylic acids is 2. The van der Waals surface area contributed by atoms with E-state index in [9.17, 15) is 9.59 Å². The standard InChI is InChI=1S/C15H12N2O2/c1-16-12-9-5-8-11-13(12)15(19)17(14(11)18)10-6-3-2-4-7-10/h2-9,16H,1H3.